The Morgan fingerprint density at radius 1 is 1.16 bits per heavy atom. The van der Waals surface area contributed by atoms with Gasteiger partial charge in [0.1, 0.15) is 11.5 Å². The maximum Gasteiger partial charge on any atom is 0.223 e. The van der Waals surface area contributed by atoms with E-state index >= 15 is 0 Å². The van der Waals surface area contributed by atoms with Gasteiger partial charge in [0, 0.05) is 24.1 Å². The van der Waals surface area contributed by atoms with Gasteiger partial charge >= 0.3 is 0 Å². The number of fused-ring (bicyclic) bond motifs is 3. The van der Waals surface area contributed by atoms with Crippen LogP contribution >= 0.6 is 0 Å². The average molecular weight is 336 g/mol. The predicted molar refractivity (Wildman–Crippen MR) is 97.7 cm³/mol. The van der Waals surface area contributed by atoms with E-state index in [1.54, 1.807) is 6.07 Å². The van der Waals surface area contributed by atoms with E-state index in [1.165, 1.54) is 17.7 Å². The minimum Gasteiger partial charge on any atom is -0.344 e. The normalized spacial score (nSPS) is 24.1. The van der Waals surface area contributed by atoms with Crippen LogP contribution in [0.2, 0.25) is 0 Å². The summed E-state index contributed by atoms with van der Waals surface area (Å²) < 4.78 is 13.5. The summed E-state index contributed by atoms with van der Waals surface area (Å²) in [5.41, 5.74) is 2.17. The van der Waals surface area contributed by atoms with Crippen LogP contribution < -0.4 is 10.2 Å². The van der Waals surface area contributed by atoms with Crippen LogP contribution in [0.5, 0.6) is 0 Å². The van der Waals surface area contributed by atoms with Crippen molar-refractivity contribution in [2.24, 2.45) is 0 Å². The number of rotatable bonds is 2. The highest BCUT2D eigenvalue weighted by Gasteiger charge is 2.57. The van der Waals surface area contributed by atoms with Crippen LogP contribution in [0.3, 0.4) is 0 Å². The number of hydrogen-bond donors (Lipinski definition) is 1. The molecule has 0 bridgehead atoms. The maximum absolute atomic E-state index is 13.5. The fourth-order valence-corrected chi connectivity index (χ4v) is 4.15. The van der Waals surface area contributed by atoms with Crippen molar-refractivity contribution in [3.8, 4) is 0 Å². The first-order valence-corrected chi connectivity index (χ1v) is 8.57. The van der Waals surface area contributed by atoms with Gasteiger partial charge in [-0.2, -0.15) is 0 Å². The molecule has 1 unspecified atom stereocenters. The Hall–Kier alpha value is -2.62. The quantitative estimate of drug-likeness (QED) is 0.903. The molecule has 4 rings (SSSR count). The van der Waals surface area contributed by atoms with Crippen LogP contribution in [-0.4, -0.2) is 18.1 Å². The minimum atomic E-state index is -0.654. The van der Waals surface area contributed by atoms with Crippen LogP contribution in [0.4, 0.5) is 10.1 Å². The molecule has 2 aromatic carbocycles. The van der Waals surface area contributed by atoms with E-state index in [1.807, 2.05) is 30.4 Å². The van der Waals surface area contributed by atoms with Gasteiger partial charge in [-0.3, -0.25) is 4.79 Å². The molecule has 2 aliphatic rings. The Labute approximate surface area is 147 Å². The maximum atomic E-state index is 13.5. The Balaban J connectivity index is 1.85. The number of carbonyl (C=O) groups is 1. The first-order valence-electron chi connectivity index (χ1n) is 8.57. The van der Waals surface area contributed by atoms with Crippen LogP contribution in [0.25, 0.3) is 6.08 Å². The zero-order valence-electron chi connectivity index (χ0n) is 14.4. The number of nitrogens with zero attached hydrogens (tertiary/aromatic N) is 1. The topological polar surface area (TPSA) is 32.3 Å². The first-order chi connectivity index (χ1) is 11.9. The zero-order valence-corrected chi connectivity index (χ0v) is 14.4. The Morgan fingerprint density at radius 2 is 1.96 bits per heavy atom. The number of benzene rings is 2. The summed E-state index contributed by atoms with van der Waals surface area (Å²) in [6.07, 6.45) is 4.38. The lowest BCUT2D eigenvalue weighted by atomic mass is 9.74. The van der Waals surface area contributed by atoms with E-state index in [9.17, 15) is 9.18 Å². The van der Waals surface area contributed by atoms with Gasteiger partial charge in [0.25, 0.3) is 0 Å². The van der Waals surface area contributed by atoms with Crippen LogP contribution in [0, 0.1) is 5.82 Å². The molecule has 2 aliphatic heterocycles. The highest BCUT2D eigenvalue weighted by molar-refractivity contribution is 5.84. The molecule has 1 fully saturated rings. The van der Waals surface area contributed by atoms with Crippen molar-refractivity contribution in [3.05, 3.63) is 71.6 Å². The van der Waals surface area contributed by atoms with E-state index < -0.39 is 5.66 Å². The molecule has 1 atom stereocenters. The van der Waals surface area contributed by atoms with Gasteiger partial charge in [-0.25, -0.2) is 4.39 Å². The van der Waals surface area contributed by atoms with Gasteiger partial charge in [-0.15, -0.1) is 0 Å². The van der Waals surface area contributed by atoms with Crippen LogP contribution in [0.1, 0.15) is 31.4 Å². The van der Waals surface area contributed by atoms with E-state index in [4.69, 9.17) is 0 Å². The molecule has 0 aromatic heterocycles. The van der Waals surface area contributed by atoms with Gasteiger partial charge in [0.05, 0.1) is 0 Å². The standard InChI is InChI=1S/C21H21FN2O/c1-20(2)17-8-3-4-9-18(17)24-13-11-19(25)23-21(20,24)12-10-15-6-5-7-16(22)14-15/h3-10,12,14H,11,13H2,1-2H3,(H,23,25)/b12-10+. The number of anilines is 1. The van der Waals surface area contributed by atoms with Crippen LogP contribution in [-0.2, 0) is 10.2 Å². The highest BCUT2D eigenvalue weighted by atomic mass is 19.1. The van der Waals surface area contributed by atoms with Crippen molar-refractivity contribution in [2.45, 2.75) is 31.3 Å². The molecule has 25 heavy (non-hydrogen) atoms. The molecular formula is C21H21FN2O. The van der Waals surface area contributed by atoms with Crippen molar-refractivity contribution in [2.75, 3.05) is 11.4 Å². The summed E-state index contributed by atoms with van der Waals surface area (Å²) in [4.78, 5) is 14.5. The molecule has 128 valence electrons. The largest absolute Gasteiger partial charge is 0.344 e. The first kappa shape index (κ1) is 15.9. The summed E-state index contributed by atoms with van der Waals surface area (Å²) in [6.45, 7) is 4.96. The lowest BCUT2D eigenvalue weighted by Crippen LogP contribution is -2.68. The van der Waals surface area contributed by atoms with E-state index in [-0.39, 0.29) is 17.1 Å². The number of hydrogen-bond acceptors (Lipinski definition) is 2. The second-order valence-electron chi connectivity index (χ2n) is 7.25. The average Bonchev–Trinajstić information content (AvgIpc) is 2.78. The monoisotopic (exact) mass is 336 g/mol. The second-order valence-corrected chi connectivity index (χ2v) is 7.25. The smallest absolute Gasteiger partial charge is 0.223 e. The lowest BCUT2D eigenvalue weighted by Gasteiger charge is -2.49. The summed E-state index contributed by atoms with van der Waals surface area (Å²) in [5.74, 6) is -0.223. The molecule has 1 N–H and O–H groups in total. The Morgan fingerprint density at radius 3 is 2.76 bits per heavy atom. The molecule has 1 saturated heterocycles. The van der Waals surface area contributed by atoms with Crippen LogP contribution in [0.15, 0.2) is 54.6 Å². The van der Waals surface area contributed by atoms with E-state index in [2.05, 4.69) is 36.2 Å². The number of carbonyl (C=O) groups excluding carboxylic acids is 1. The second kappa shape index (κ2) is 5.45. The van der Waals surface area contributed by atoms with Gasteiger partial charge in [-0.1, -0.05) is 50.3 Å². The van der Waals surface area contributed by atoms with Crippen molar-refractivity contribution >= 4 is 17.7 Å². The van der Waals surface area contributed by atoms with Crippen molar-refractivity contribution in [3.63, 3.8) is 0 Å². The number of para-hydroxylation sites is 1. The van der Waals surface area contributed by atoms with E-state index in [0.717, 1.165) is 11.3 Å². The fourth-order valence-electron chi connectivity index (χ4n) is 4.15. The summed E-state index contributed by atoms with van der Waals surface area (Å²) in [7, 11) is 0. The summed E-state index contributed by atoms with van der Waals surface area (Å²) in [6, 6.07) is 14.8. The van der Waals surface area contributed by atoms with E-state index in [0.29, 0.717) is 13.0 Å². The molecule has 0 radical (unpaired) electrons. The number of halogens is 1. The van der Waals surface area contributed by atoms with Crippen molar-refractivity contribution < 1.29 is 9.18 Å². The molecular weight excluding hydrogens is 315 g/mol. The lowest BCUT2D eigenvalue weighted by molar-refractivity contribution is -0.124. The number of amides is 1. The van der Waals surface area contributed by atoms with Gasteiger partial charge in [0.2, 0.25) is 5.91 Å². The third-order valence-electron chi connectivity index (χ3n) is 5.50. The summed E-state index contributed by atoms with van der Waals surface area (Å²) >= 11 is 0. The van der Waals surface area contributed by atoms with Crippen molar-refractivity contribution in [1.82, 2.24) is 5.32 Å². The molecule has 0 saturated carbocycles. The predicted octanol–water partition coefficient (Wildman–Crippen LogP) is 3.85. The molecule has 2 aromatic rings. The van der Waals surface area contributed by atoms with Gasteiger partial charge in [-0.05, 0) is 35.4 Å². The Kier molecular flexibility index (Phi) is 3.46. The summed E-state index contributed by atoms with van der Waals surface area (Å²) in [5, 5.41) is 3.22. The molecule has 2 heterocycles. The van der Waals surface area contributed by atoms with Crippen molar-refractivity contribution in [1.29, 1.82) is 0 Å². The molecule has 4 heteroatoms. The number of nitrogens with one attached hydrogen (secondary N) is 1. The molecule has 1 amide bonds. The molecule has 0 aliphatic carbocycles. The fraction of sp³-hybridized carbons (Fsp3) is 0.286. The minimum absolute atomic E-state index is 0.0426. The third-order valence-corrected chi connectivity index (χ3v) is 5.50. The SMILES string of the molecule is CC1(C)c2ccccc2N2CCC(=O)NC21/C=C/c1cccc(F)c1. The molecule has 3 nitrogen and oxygen atoms in total. The third kappa shape index (κ3) is 2.28. The highest BCUT2D eigenvalue weighted by Crippen LogP contribution is 2.52. The van der Waals surface area contributed by atoms with Gasteiger partial charge in [0.15, 0.2) is 0 Å². The zero-order chi connectivity index (χ0) is 17.7. The Bertz CT molecular complexity index is 874. The molecule has 0 spiro atoms. The van der Waals surface area contributed by atoms with Gasteiger partial charge < -0.3 is 10.2 Å².